The number of amides is 1. The zero-order valence-corrected chi connectivity index (χ0v) is 10.8. The molecule has 0 rings (SSSR count). The second-order valence-electron chi connectivity index (χ2n) is 4.13. The molecule has 0 aliphatic rings. The summed E-state index contributed by atoms with van der Waals surface area (Å²) >= 11 is 0. The first-order valence-electron chi connectivity index (χ1n) is 6.19. The predicted molar refractivity (Wildman–Crippen MR) is 66.5 cm³/mol. The first-order valence-corrected chi connectivity index (χ1v) is 6.19. The Bertz CT molecular complexity index is 174. The molecule has 0 spiro atoms. The Balaban J connectivity index is 3.30. The van der Waals surface area contributed by atoms with Gasteiger partial charge < -0.3 is 15.4 Å². The largest absolute Gasteiger partial charge is 0.385 e. The fourth-order valence-electron chi connectivity index (χ4n) is 1.53. The van der Waals surface area contributed by atoms with Gasteiger partial charge in [-0.1, -0.05) is 13.3 Å². The molecule has 0 aromatic carbocycles. The lowest BCUT2D eigenvalue weighted by Gasteiger charge is -2.12. The topological polar surface area (TPSA) is 50.4 Å². The van der Waals surface area contributed by atoms with Gasteiger partial charge in [-0.2, -0.15) is 0 Å². The molecule has 4 nitrogen and oxygen atoms in total. The Kier molecular flexibility index (Phi) is 10.5. The van der Waals surface area contributed by atoms with Gasteiger partial charge in [0.05, 0.1) is 6.54 Å². The minimum atomic E-state index is 0.0905. The number of ether oxygens (including phenoxy) is 1. The van der Waals surface area contributed by atoms with Crippen LogP contribution in [-0.2, 0) is 9.53 Å². The minimum absolute atomic E-state index is 0.0905. The van der Waals surface area contributed by atoms with E-state index in [4.69, 9.17) is 4.74 Å². The minimum Gasteiger partial charge on any atom is -0.385 e. The maximum Gasteiger partial charge on any atom is 0.234 e. The highest BCUT2D eigenvalue weighted by Gasteiger charge is 2.04. The summed E-state index contributed by atoms with van der Waals surface area (Å²) in [4.78, 5) is 11.4. The summed E-state index contributed by atoms with van der Waals surface area (Å²) in [6.45, 7) is 6.25. The van der Waals surface area contributed by atoms with Crippen LogP contribution in [0.25, 0.3) is 0 Å². The molecule has 0 heterocycles. The zero-order valence-electron chi connectivity index (χ0n) is 10.8. The zero-order chi connectivity index (χ0) is 12.2. The summed E-state index contributed by atoms with van der Waals surface area (Å²) in [7, 11) is 1.70. The fraction of sp³-hybridized carbons (Fsp3) is 0.917. The first kappa shape index (κ1) is 15.4. The van der Waals surface area contributed by atoms with Crippen LogP contribution in [0.5, 0.6) is 0 Å². The third-order valence-electron chi connectivity index (χ3n) is 2.37. The van der Waals surface area contributed by atoms with Crippen molar-refractivity contribution in [2.75, 3.05) is 26.8 Å². The summed E-state index contributed by atoms with van der Waals surface area (Å²) in [6.07, 6.45) is 4.23. The van der Waals surface area contributed by atoms with Crippen LogP contribution in [0.2, 0.25) is 0 Å². The number of hydrogen-bond donors (Lipinski definition) is 2. The van der Waals surface area contributed by atoms with Gasteiger partial charge in [-0.15, -0.1) is 0 Å². The number of carbonyl (C=O) groups is 1. The van der Waals surface area contributed by atoms with Crippen LogP contribution < -0.4 is 10.6 Å². The second kappa shape index (κ2) is 10.9. The molecule has 1 amide bonds. The monoisotopic (exact) mass is 230 g/mol. The summed E-state index contributed by atoms with van der Waals surface area (Å²) in [6, 6.07) is 0.285. The second-order valence-corrected chi connectivity index (χ2v) is 4.13. The SMILES string of the molecule is CCCC(C)NC(=O)CNCCCCOC. The van der Waals surface area contributed by atoms with Gasteiger partial charge in [-0.25, -0.2) is 0 Å². The summed E-state index contributed by atoms with van der Waals surface area (Å²) in [5.74, 6) is 0.0905. The van der Waals surface area contributed by atoms with Crippen molar-refractivity contribution in [2.45, 2.75) is 45.6 Å². The number of carbonyl (C=O) groups excluding carboxylic acids is 1. The standard InChI is InChI=1S/C12H26N2O2/c1-4-7-11(2)14-12(15)10-13-8-5-6-9-16-3/h11,13H,4-10H2,1-3H3,(H,14,15). The van der Waals surface area contributed by atoms with E-state index in [1.165, 1.54) is 0 Å². The smallest absolute Gasteiger partial charge is 0.234 e. The summed E-state index contributed by atoms with van der Waals surface area (Å²) < 4.78 is 4.94. The van der Waals surface area contributed by atoms with Crippen molar-refractivity contribution in [3.05, 3.63) is 0 Å². The lowest BCUT2D eigenvalue weighted by molar-refractivity contribution is -0.120. The lowest BCUT2D eigenvalue weighted by Crippen LogP contribution is -2.39. The van der Waals surface area contributed by atoms with Crippen molar-refractivity contribution in [2.24, 2.45) is 0 Å². The molecule has 96 valence electrons. The van der Waals surface area contributed by atoms with Crippen LogP contribution in [0.3, 0.4) is 0 Å². The van der Waals surface area contributed by atoms with Crippen molar-refractivity contribution >= 4 is 5.91 Å². The average Bonchev–Trinajstić information content (AvgIpc) is 2.23. The van der Waals surface area contributed by atoms with E-state index in [1.54, 1.807) is 7.11 Å². The molecule has 0 saturated heterocycles. The van der Waals surface area contributed by atoms with E-state index in [-0.39, 0.29) is 11.9 Å². The maximum atomic E-state index is 11.4. The number of methoxy groups -OCH3 is 1. The van der Waals surface area contributed by atoms with Crippen molar-refractivity contribution in [1.82, 2.24) is 10.6 Å². The van der Waals surface area contributed by atoms with Gasteiger partial charge >= 0.3 is 0 Å². The Labute approximate surface area is 99.1 Å². The quantitative estimate of drug-likeness (QED) is 0.556. The number of nitrogens with one attached hydrogen (secondary N) is 2. The fourth-order valence-corrected chi connectivity index (χ4v) is 1.53. The predicted octanol–water partition coefficient (Wildman–Crippen LogP) is 1.31. The van der Waals surface area contributed by atoms with Crippen LogP contribution in [-0.4, -0.2) is 38.8 Å². The molecule has 0 aromatic heterocycles. The highest BCUT2D eigenvalue weighted by atomic mass is 16.5. The van der Waals surface area contributed by atoms with Crippen LogP contribution >= 0.6 is 0 Å². The third-order valence-corrected chi connectivity index (χ3v) is 2.37. The molecule has 4 heteroatoms. The Hall–Kier alpha value is -0.610. The first-order chi connectivity index (χ1) is 7.70. The highest BCUT2D eigenvalue weighted by Crippen LogP contribution is 1.93. The molecule has 0 aliphatic carbocycles. The molecule has 0 fully saturated rings. The summed E-state index contributed by atoms with van der Waals surface area (Å²) in [5.41, 5.74) is 0. The van der Waals surface area contributed by atoms with Gasteiger partial charge in [0.2, 0.25) is 5.91 Å². The molecule has 0 aliphatic heterocycles. The Morgan fingerprint density at radius 1 is 1.38 bits per heavy atom. The molecule has 1 atom stereocenters. The molecule has 0 aromatic rings. The van der Waals surface area contributed by atoms with Crippen LogP contribution in [0, 0.1) is 0 Å². The van der Waals surface area contributed by atoms with E-state index in [9.17, 15) is 4.79 Å². The maximum absolute atomic E-state index is 11.4. The van der Waals surface area contributed by atoms with E-state index in [2.05, 4.69) is 17.6 Å². The van der Waals surface area contributed by atoms with Crippen molar-refractivity contribution in [3.63, 3.8) is 0 Å². The van der Waals surface area contributed by atoms with Crippen LogP contribution in [0.15, 0.2) is 0 Å². The molecular formula is C12H26N2O2. The van der Waals surface area contributed by atoms with Crippen molar-refractivity contribution in [3.8, 4) is 0 Å². The number of rotatable bonds is 10. The van der Waals surface area contributed by atoms with E-state index < -0.39 is 0 Å². The highest BCUT2D eigenvalue weighted by molar-refractivity contribution is 5.78. The Morgan fingerprint density at radius 2 is 2.12 bits per heavy atom. The lowest BCUT2D eigenvalue weighted by atomic mass is 10.2. The Morgan fingerprint density at radius 3 is 2.75 bits per heavy atom. The number of hydrogen-bond acceptors (Lipinski definition) is 3. The van der Waals surface area contributed by atoms with Crippen molar-refractivity contribution < 1.29 is 9.53 Å². The van der Waals surface area contributed by atoms with Gasteiger partial charge in [0.1, 0.15) is 0 Å². The van der Waals surface area contributed by atoms with Gasteiger partial charge in [-0.3, -0.25) is 4.79 Å². The van der Waals surface area contributed by atoms with Crippen LogP contribution in [0.1, 0.15) is 39.5 Å². The van der Waals surface area contributed by atoms with Gasteiger partial charge in [0.25, 0.3) is 0 Å². The van der Waals surface area contributed by atoms with E-state index in [0.29, 0.717) is 6.54 Å². The van der Waals surface area contributed by atoms with Crippen molar-refractivity contribution in [1.29, 1.82) is 0 Å². The molecule has 2 N–H and O–H groups in total. The molecule has 0 saturated carbocycles. The van der Waals surface area contributed by atoms with Crippen LogP contribution in [0.4, 0.5) is 0 Å². The molecule has 0 radical (unpaired) electrons. The van der Waals surface area contributed by atoms with Gasteiger partial charge in [0, 0.05) is 19.8 Å². The van der Waals surface area contributed by atoms with E-state index in [1.807, 2.05) is 6.92 Å². The molecule has 16 heavy (non-hydrogen) atoms. The normalized spacial score (nSPS) is 12.4. The summed E-state index contributed by atoms with van der Waals surface area (Å²) in [5, 5.41) is 6.08. The number of unbranched alkanes of at least 4 members (excludes halogenated alkanes) is 1. The molecule has 0 bridgehead atoms. The third kappa shape index (κ3) is 9.93. The average molecular weight is 230 g/mol. The molecular weight excluding hydrogens is 204 g/mol. The van der Waals surface area contributed by atoms with E-state index in [0.717, 1.165) is 38.8 Å². The van der Waals surface area contributed by atoms with Gasteiger partial charge in [0.15, 0.2) is 0 Å². The van der Waals surface area contributed by atoms with E-state index >= 15 is 0 Å². The molecule has 1 unspecified atom stereocenters. The van der Waals surface area contributed by atoms with Gasteiger partial charge in [-0.05, 0) is 32.7 Å².